The lowest BCUT2D eigenvalue weighted by molar-refractivity contribution is 0.214. The zero-order chi connectivity index (χ0) is 6.78. The highest BCUT2D eigenvalue weighted by Gasteiger charge is 2.17. The van der Waals surface area contributed by atoms with Crippen molar-refractivity contribution in [3.8, 4) is 0 Å². The van der Waals surface area contributed by atoms with E-state index in [1.54, 1.807) is 0 Å². The number of carbonyl (C=O) groups excluding carboxylic acids is 1. The molecule has 0 fully saturated rings. The molecule has 7 heteroatoms. The third-order valence-corrected chi connectivity index (χ3v) is 1.00. The van der Waals surface area contributed by atoms with Crippen LogP contribution in [0.3, 0.4) is 0 Å². The minimum atomic E-state index is -3.75. The predicted molar refractivity (Wildman–Crippen MR) is 30.0 cm³/mol. The second-order valence-corrected chi connectivity index (χ2v) is 5.03. The minimum absolute atomic E-state index is 1.25. The lowest BCUT2D eigenvalue weighted by Gasteiger charge is -1.96. The van der Waals surface area contributed by atoms with Crippen LogP contribution in [0, 0.1) is 0 Å². The number of rotatable bonds is 1. The molecule has 1 amide bonds. The van der Waals surface area contributed by atoms with Crippen LogP contribution in [0.25, 0.3) is 0 Å². The van der Waals surface area contributed by atoms with Crippen LogP contribution < -0.4 is 5.73 Å². The number of carbonyl (C=O) groups is 1. The van der Waals surface area contributed by atoms with Gasteiger partial charge in [0.2, 0.25) is 0 Å². The average Bonchev–Trinajstić information content (AvgIpc) is 1.21. The van der Waals surface area contributed by atoms with Gasteiger partial charge >= 0.3 is 12.2 Å². The first-order chi connectivity index (χ1) is 3.42. The summed E-state index contributed by atoms with van der Waals surface area (Å²) in [4.78, 5) is 9.67. The molecule has 0 aliphatic carbocycles. The molecule has 0 aliphatic heterocycles. The van der Waals surface area contributed by atoms with E-state index in [-0.39, 0.29) is 0 Å². The monoisotopic (exact) mass is 177 g/mol. The summed E-state index contributed by atoms with van der Waals surface area (Å²) in [6, 6.07) is 0. The molecule has 0 bridgehead atoms. The Morgan fingerprint density at radius 2 is 2.00 bits per heavy atom. The van der Waals surface area contributed by atoms with Gasteiger partial charge < -0.3 is 10.3 Å². The lowest BCUT2D eigenvalue weighted by Crippen LogP contribution is -2.08. The van der Waals surface area contributed by atoms with Crippen LogP contribution in [0.15, 0.2) is 0 Å². The van der Waals surface area contributed by atoms with Gasteiger partial charge in [0, 0.05) is 22.5 Å². The largest absolute Gasteiger partial charge is 0.431 e. The summed E-state index contributed by atoms with van der Waals surface area (Å²) < 4.78 is 13.7. The van der Waals surface area contributed by atoms with Crippen LogP contribution in [-0.4, -0.2) is 6.09 Å². The van der Waals surface area contributed by atoms with Crippen LogP contribution in [-0.2, 0) is 9.09 Å². The molecule has 0 radical (unpaired) electrons. The molecule has 0 atom stereocenters. The molecule has 0 saturated heterocycles. The molecule has 0 heterocycles. The van der Waals surface area contributed by atoms with E-state index in [4.69, 9.17) is 22.5 Å². The number of nitrogens with two attached hydrogens (primary N) is 1. The second kappa shape index (κ2) is 2.58. The van der Waals surface area contributed by atoms with Gasteiger partial charge in [-0.25, -0.2) is 9.36 Å². The van der Waals surface area contributed by atoms with Gasteiger partial charge in [-0.1, -0.05) is 0 Å². The third-order valence-electron chi connectivity index (χ3n) is 0.196. The maximum absolute atomic E-state index is 10.0. The van der Waals surface area contributed by atoms with E-state index in [2.05, 4.69) is 10.3 Å². The molecular formula is CH2Cl2NO3P. The fourth-order valence-corrected chi connectivity index (χ4v) is 0.722. The molecule has 0 saturated carbocycles. The number of primary amides is 1. The molecule has 8 heavy (non-hydrogen) atoms. The summed E-state index contributed by atoms with van der Waals surface area (Å²) in [5.74, 6) is 0. The first-order valence-electron chi connectivity index (χ1n) is 1.40. The van der Waals surface area contributed by atoms with Crippen molar-refractivity contribution in [1.82, 2.24) is 0 Å². The van der Waals surface area contributed by atoms with Crippen molar-refractivity contribution in [2.24, 2.45) is 5.73 Å². The van der Waals surface area contributed by atoms with Gasteiger partial charge in [0.25, 0.3) is 0 Å². The van der Waals surface area contributed by atoms with E-state index in [0.29, 0.717) is 0 Å². The first kappa shape index (κ1) is 8.08. The highest BCUT2D eigenvalue weighted by atomic mass is 35.9. The van der Waals surface area contributed by atoms with Gasteiger partial charge in [-0.2, -0.15) is 0 Å². The Labute approximate surface area is 54.9 Å². The highest BCUT2D eigenvalue weighted by molar-refractivity contribution is 8.05. The smallest absolute Gasteiger partial charge is 0.373 e. The van der Waals surface area contributed by atoms with Gasteiger partial charge in [0.05, 0.1) is 0 Å². The molecule has 2 N–H and O–H groups in total. The summed E-state index contributed by atoms with van der Waals surface area (Å²) in [5, 5.41) is 0. The van der Waals surface area contributed by atoms with E-state index in [0.717, 1.165) is 0 Å². The Balaban J connectivity index is 3.74. The SMILES string of the molecule is NC(=O)OP(=O)(Cl)Cl. The second-order valence-electron chi connectivity index (χ2n) is 0.825. The highest BCUT2D eigenvalue weighted by Crippen LogP contribution is 2.57. The zero-order valence-electron chi connectivity index (χ0n) is 3.51. The molecule has 0 aromatic carbocycles. The molecule has 4 nitrogen and oxygen atoms in total. The summed E-state index contributed by atoms with van der Waals surface area (Å²) >= 11 is 9.45. The number of hydrogen-bond donors (Lipinski definition) is 1. The molecule has 0 spiro atoms. The molecular weight excluding hydrogens is 176 g/mol. The fourth-order valence-electron chi connectivity index (χ4n) is 0.105. The molecule has 0 rings (SSSR count). The Morgan fingerprint density at radius 3 is 2.00 bits per heavy atom. The summed E-state index contributed by atoms with van der Waals surface area (Å²) in [6.45, 7) is 0. The number of amides is 1. The van der Waals surface area contributed by atoms with Crippen molar-refractivity contribution in [3.63, 3.8) is 0 Å². The van der Waals surface area contributed by atoms with E-state index >= 15 is 0 Å². The van der Waals surface area contributed by atoms with Gasteiger partial charge in [-0.05, 0) is 0 Å². The van der Waals surface area contributed by atoms with Crippen LogP contribution >= 0.6 is 28.6 Å². The number of halogens is 2. The van der Waals surface area contributed by atoms with Crippen LogP contribution in [0.2, 0.25) is 0 Å². The minimum Gasteiger partial charge on any atom is -0.373 e. The van der Waals surface area contributed by atoms with Crippen molar-refractivity contribution in [3.05, 3.63) is 0 Å². The molecule has 48 valence electrons. The fraction of sp³-hybridized carbons (Fsp3) is 0. The Kier molecular flexibility index (Phi) is 2.60. The molecule has 0 aliphatic rings. The van der Waals surface area contributed by atoms with Gasteiger partial charge in [0.15, 0.2) is 0 Å². The predicted octanol–water partition coefficient (Wildman–Crippen LogP) is 1.67. The Morgan fingerprint density at radius 1 is 1.62 bits per heavy atom. The number of hydrogen-bond acceptors (Lipinski definition) is 3. The maximum Gasteiger partial charge on any atom is 0.431 e. The lowest BCUT2D eigenvalue weighted by atomic mass is 11.3. The summed E-state index contributed by atoms with van der Waals surface area (Å²) in [6.07, 6.45) is -5.00. The van der Waals surface area contributed by atoms with Crippen molar-refractivity contribution in [2.75, 3.05) is 0 Å². The maximum atomic E-state index is 10.0. The van der Waals surface area contributed by atoms with E-state index in [1.165, 1.54) is 0 Å². The topological polar surface area (TPSA) is 69.4 Å². The Bertz CT molecular complexity index is 140. The standard InChI is InChI=1S/CH2Cl2NO3P/c2-8(3,6)7-1(4)5/h(H2,4,5). The van der Waals surface area contributed by atoms with Crippen molar-refractivity contribution >= 4 is 34.6 Å². The van der Waals surface area contributed by atoms with Crippen molar-refractivity contribution in [2.45, 2.75) is 0 Å². The van der Waals surface area contributed by atoms with Crippen LogP contribution in [0.5, 0.6) is 0 Å². The van der Waals surface area contributed by atoms with Crippen LogP contribution in [0.4, 0.5) is 4.79 Å². The van der Waals surface area contributed by atoms with Gasteiger partial charge in [0.1, 0.15) is 0 Å². The zero-order valence-corrected chi connectivity index (χ0v) is 5.91. The summed E-state index contributed by atoms with van der Waals surface area (Å²) in [7, 11) is 0. The van der Waals surface area contributed by atoms with E-state index in [9.17, 15) is 9.36 Å². The average molecular weight is 178 g/mol. The normalized spacial score (nSPS) is 10.8. The summed E-state index contributed by atoms with van der Waals surface area (Å²) in [5.41, 5.74) is 4.38. The molecule has 0 unspecified atom stereocenters. The molecule has 0 aromatic heterocycles. The third kappa shape index (κ3) is 6.08. The van der Waals surface area contributed by atoms with E-state index in [1.807, 2.05) is 0 Å². The first-order valence-corrected chi connectivity index (χ1v) is 4.83. The molecule has 0 aromatic rings. The van der Waals surface area contributed by atoms with Gasteiger partial charge in [-0.15, -0.1) is 0 Å². The van der Waals surface area contributed by atoms with Crippen molar-refractivity contribution < 1.29 is 13.9 Å². The Hall–Kier alpha value is 0.0800. The van der Waals surface area contributed by atoms with Gasteiger partial charge in [-0.3, -0.25) is 0 Å². The van der Waals surface area contributed by atoms with Crippen molar-refractivity contribution in [1.29, 1.82) is 0 Å². The quantitative estimate of drug-likeness (QED) is 0.620. The van der Waals surface area contributed by atoms with E-state index < -0.39 is 12.2 Å². The van der Waals surface area contributed by atoms with Crippen LogP contribution in [0.1, 0.15) is 0 Å².